The molecular formula is C17H14ClNO3S. The molecule has 1 aliphatic heterocycles. The maximum atomic E-state index is 12.4. The Balaban J connectivity index is 1.80. The van der Waals surface area contributed by atoms with E-state index in [1.807, 2.05) is 30.5 Å². The minimum absolute atomic E-state index is 0.314. The number of benzene rings is 2. The third kappa shape index (κ3) is 3.35. The van der Waals surface area contributed by atoms with Gasteiger partial charge < -0.3 is 10.1 Å². The average Bonchev–Trinajstić information content (AvgIpc) is 2.54. The first-order valence-corrected chi connectivity index (χ1v) is 8.62. The number of hydrogen-bond donors (Lipinski definition) is 1. The second-order valence-corrected chi connectivity index (χ2v) is 6.37. The Morgan fingerprint density at radius 1 is 1.30 bits per heavy atom. The van der Waals surface area contributed by atoms with E-state index in [0.717, 1.165) is 10.5 Å². The Morgan fingerprint density at radius 3 is 2.87 bits per heavy atom. The van der Waals surface area contributed by atoms with Gasteiger partial charge in [-0.1, -0.05) is 23.7 Å². The lowest BCUT2D eigenvalue weighted by atomic mass is 9.98. The van der Waals surface area contributed by atoms with Crippen LogP contribution in [0.1, 0.15) is 15.9 Å². The Bertz CT molecular complexity index is 778. The fourth-order valence-electron chi connectivity index (χ4n) is 2.47. The van der Waals surface area contributed by atoms with E-state index < -0.39 is 12.1 Å². The standard InChI is InChI=1S/C17H14ClNO3S/c1-23-15-5-3-2-4-13(15)19-16(20)14-9-10-8-11(18)6-7-12(10)17(21)22-14/h2-8,14H,9H2,1H3,(H,19,20). The number of carbonyl (C=O) groups is 2. The van der Waals surface area contributed by atoms with E-state index >= 15 is 0 Å². The predicted octanol–water partition coefficient (Wildman–Crippen LogP) is 3.78. The molecule has 6 heteroatoms. The Hall–Kier alpha value is -1.98. The fourth-order valence-corrected chi connectivity index (χ4v) is 3.22. The number of anilines is 1. The van der Waals surface area contributed by atoms with Gasteiger partial charge in [-0.15, -0.1) is 11.8 Å². The number of ether oxygens (including phenoxy) is 1. The summed E-state index contributed by atoms with van der Waals surface area (Å²) in [6.45, 7) is 0. The van der Waals surface area contributed by atoms with Crippen LogP contribution in [0.15, 0.2) is 47.4 Å². The van der Waals surface area contributed by atoms with Gasteiger partial charge in [0, 0.05) is 16.3 Å². The molecular weight excluding hydrogens is 334 g/mol. The molecule has 0 spiro atoms. The zero-order valence-electron chi connectivity index (χ0n) is 12.3. The summed E-state index contributed by atoms with van der Waals surface area (Å²) >= 11 is 7.50. The maximum absolute atomic E-state index is 12.4. The highest BCUT2D eigenvalue weighted by Gasteiger charge is 2.31. The normalized spacial score (nSPS) is 16.4. The smallest absolute Gasteiger partial charge is 0.339 e. The van der Waals surface area contributed by atoms with Gasteiger partial charge >= 0.3 is 5.97 Å². The zero-order valence-corrected chi connectivity index (χ0v) is 13.9. The third-order valence-corrected chi connectivity index (χ3v) is 4.63. The van der Waals surface area contributed by atoms with Crippen molar-refractivity contribution in [2.75, 3.05) is 11.6 Å². The van der Waals surface area contributed by atoms with Crippen molar-refractivity contribution in [3.8, 4) is 0 Å². The van der Waals surface area contributed by atoms with E-state index in [-0.39, 0.29) is 5.91 Å². The van der Waals surface area contributed by atoms with E-state index in [1.54, 1.807) is 18.2 Å². The van der Waals surface area contributed by atoms with Crippen molar-refractivity contribution in [2.45, 2.75) is 17.4 Å². The van der Waals surface area contributed by atoms with Crippen molar-refractivity contribution >= 4 is 40.9 Å². The van der Waals surface area contributed by atoms with Crippen LogP contribution in [-0.2, 0) is 16.0 Å². The lowest BCUT2D eigenvalue weighted by Crippen LogP contribution is -2.38. The first-order valence-electron chi connectivity index (χ1n) is 7.02. The monoisotopic (exact) mass is 347 g/mol. The SMILES string of the molecule is CSc1ccccc1NC(=O)C1Cc2cc(Cl)ccc2C(=O)O1. The molecule has 2 aromatic carbocycles. The fraction of sp³-hybridized carbons (Fsp3) is 0.176. The molecule has 1 heterocycles. The molecule has 0 saturated carbocycles. The van der Waals surface area contributed by atoms with Crippen molar-refractivity contribution in [3.05, 3.63) is 58.6 Å². The van der Waals surface area contributed by atoms with Gasteiger partial charge in [-0.25, -0.2) is 4.79 Å². The number of rotatable bonds is 3. The molecule has 0 bridgehead atoms. The van der Waals surface area contributed by atoms with Gasteiger partial charge in [-0.3, -0.25) is 4.79 Å². The summed E-state index contributed by atoms with van der Waals surface area (Å²) in [5.41, 5.74) is 1.90. The number of carbonyl (C=O) groups excluding carboxylic acids is 2. The molecule has 4 nitrogen and oxygen atoms in total. The van der Waals surface area contributed by atoms with Crippen LogP contribution in [0.3, 0.4) is 0 Å². The largest absolute Gasteiger partial charge is 0.448 e. The molecule has 1 aliphatic rings. The molecule has 3 rings (SSSR count). The highest BCUT2D eigenvalue weighted by Crippen LogP contribution is 2.27. The number of fused-ring (bicyclic) bond motifs is 1. The van der Waals surface area contributed by atoms with Crippen LogP contribution in [0.25, 0.3) is 0 Å². The van der Waals surface area contributed by atoms with Crippen molar-refractivity contribution in [1.29, 1.82) is 0 Å². The van der Waals surface area contributed by atoms with Gasteiger partial charge in [0.05, 0.1) is 11.3 Å². The average molecular weight is 348 g/mol. The highest BCUT2D eigenvalue weighted by molar-refractivity contribution is 7.98. The number of halogens is 1. The van der Waals surface area contributed by atoms with E-state index in [4.69, 9.17) is 16.3 Å². The second kappa shape index (κ2) is 6.64. The van der Waals surface area contributed by atoms with E-state index in [9.17, 15) is 9.59 Å². The summed E-state index contributed by atoms with van der Waals surface area (Å²) in [4.78, 5) is 25.4. The first kappa shape index (κ1) is 15.9. The molecule has 0 radical (unpaired) electrons. The van der Waals surface area contributed by atoms with Gasteiger partial charge in [0.25, 0.3) is 5.91 Å². The van der Waals surface area contributed by atoms with E-state index in [1.165, 1.54) is 11.8 Å². The first-order chi connectivity index (χ1) is 11.1. The van der Waals surface area contributed by atoms with Gasteiger partial charge in [-0.2, -0.15) is 0 Å². The van der Waals surface area contributed by atoms with Crippen LogP contribution >= 0.6 is 23.4 Å². The topological polar surface area (TPSA) is 55.4 Å². The lowest BCUT2D eigenvalue weighted by molar-refractivity contribution is -0.125. The number of thioether (sulfide) groups is 1. The summed E-state index contributed by atoms with van der Waals surface area (Å²) < 4.78 is 5.26. The highest BCUT2D eigenvalue weighted by atomic mass is 35.5. The maximum Gasteiger partial charge on any atom is 0.339 e. The van der Waals surface area contributed by atoms with Crippen LogP contribution < -0.4 is 5.32 Å². The number of para-hydroxylation sites is 1. The van der Waals surface area contributed by atoms with Crippen LogP contribution in [-0.4, -0.2) is 24.2 Å². The van der Waals surface area contributed by atoms with Crippen molar-refractivity contribution < 1.29 is 14.3 Å². The minimum Gasteiger partial charge on any atom is -0.448 e. The molecule has 0 saturated heterocycles. The molecule has 0 aromatic heterocycles. The Morgan fingerprint density at radius 2 is 2.09 bits per heavy atom. The second-order valence-electron chi connectivity index (χ2n) is 5.09. The van der Waals surface area contributed by atoms with Crippen molar-refractivity contribution in [2.24, 2.45) is 0 Å². The third-order valence-electron chi connectivity index (χ3n) is 3.60. The zero-order chi connectivity index (χ0) is 16.4. The number of nitrogens with one attached hydrogen (secondary N) is 1. The molecule has 118 valence electrons. The molecule has 1 amide bonds. The molecule has 23 heavy (non-hydrogen) atoms. The van der Waals surface area contributed by atoms with Gasteiger partial charge in [0.15, 0.2) is 6.10 Å². The Labute approximate surface area is 143 Å². The van der Waals surface area contributed by atoms with Crippen LogP contribution in [0.4, 0.5) is 5.69 Å². The summed E-state index contributed by atoms with van der Waals surface area (Å²) in [7, 11) is 0. The number of hydrogen-bond acceptors (Lipinski definition) is 4. The lowest BCUT2D eigenvalue weighted by Gasteiger charge is -2.24. The molecule has 1 unspecified atom stereocenters. The predicted molar refractivity (Wildman–Crippen MR) is 91.2 cm³/mol. The number of esters is 1. The number of amides is 1. The summed E-state index contributed by atoms with van der Waals surface area (Å²) in [6, 6.07) is 12.4. The minimum atomic E-state index is -0.858. The summed E-state index contributed by atoms with van der Waals surface area (Å²) in [5, 5.41) is 3.36. The summed E-state index contributed by atoms with van der Waals surface area (Å²) in [5.74, 6) is -0.841. The molecule has 0 fully saturated rings. The molecule has 1 N–H and O–H groups in total. The van der Waals surface area contributed by atoms with E-state index in [0.29, 0.717) is 22.7 Å². The quantitative estimate of drug-likeness (QED) is 0.678. The van der Waals surface area contributed by atoms with Gasteiger partial charge in [0.2, 0.25) is 0 Å². The molecule has 0 aliphatic carbocycles. The molecule has 1 atom stereocenters. The van der Waals surface area contributed by atoms with Crippen molar-refractivity contribution in [3.63, 3.8) is 0 Å². The molecule has 2 aromatic rings. The summed E-state index contributed by atoms with van der Waals surface area (Å²) in [6.07, 6.45) is 1.39. The van der Waals surface area contributed by atoms with Crippen LogP contribution in [0.2, 0.25) is 5.02 Å². The number of cyclic esters (lactones) is 1. The van der Waals surface area contributed by atoms with Crippen molar-refractivity contribution in [1.82, 2.24) is 0 Å². The Kier molecular flexibility index (Phi) is 4.59. The van der Waals surface area contributed by atoms with Gasteiger partial charge in [-0.05, 0) is 42.2 Å². The van der Waals surface area contributed by atoms with E-state index in [2.05, 4.69) is 5.32 Å². The van der Waals surface area contributed by atoms with Crippen LogP contribution in [0.5, 0.6) is 0 Å². The van der Waals surface area contributed by atoms with Crippen LogP contribution in [0, 0.1) is 0 Å². The van der Waals surface area contributed by atoms with Gasteiger partial charge in [0.1, 0.15) is 0 Å².